The van der Waals surface area contributed by atoms with Gasteiger partial charge in [-0.1, -0.05) is 11.8 Å². The van der Waals surface area contributed by atoms with Crippen LogP contribution in [0.5, 0.6) is 0 Å². The van der Waals surface area contributed by atoms with Crippen molar-refractivity contribution in [1.82, 2.24) is 29.9 Å². The lowest BCUT2D eigenvalue weighted by Gasteiger charge is -2.21. The van der Waals surface area contributed by atoms with Crippen LogP contribution in [0.25, 0.3) is 0 Å². The molecule has 21 heavy (non-hydrogen) atoms. The van der Waals surface area contributed by atoms with E-state index in [0.29, 0.717) is 5.92 Å². The molecular formula is C14H22N6S. The summed E-state index contributed by atoms with van der Waals surface area (Å²) < 4.78 is 4.01. The van der Waals surface area contributed by atoms with Crippen molar-refractivity contribution in [1.29, 1.82) is 0 Å². The molecule has 0 radical (unpaired) electrons. The van der Waals surface area contributed by atoms with Crippen LogP contribution in [-0.2, 0) is 19.8 Å². The van der Waals surface area contributed by atoms with Gasteiger partial charge in [0, 0.05) is 44.1 Å². The number of piperidine rings is 1. The van der Waals surface area contributed by atoms with E-state index in [9.17, 15) is 0 Å². The lowest BCUT2D eigenvalue weighted by Crippen LogP contribution is -2.29. The normalized spacial score (nSPS) is 19.1. The summed E-state index contributed by atoms with van der Waals surface area (Å²) in [4.78, 5) is 0. The summed E-state index contributed by atoms with van der Waals surface area (Å²) in [6.07, 6.45) is 4.49. The summed E-state index contributed by atoms with van der Waals surface area (Å²) in [5.41, 5.74) is 2.34. The van der Waals surface area contributed by atoms with E-state index in [-0.39, 0.29) is 0 Å². The van der Waals surface area contributed by atoms with E-state index in [1.807, 2.05) is 18.7 Å². The van der Waals surface area contributed by atoms with Crippen LogP contribution in [0, 0.1) is 6.92 Å². The van der Waals surface area contributed by atoms with Gasteiger partial charge in [-0.2, -0.15) is 5.10 Å². The highest BCUT2D eigenvalue weighted by molar-refractivity contribution is 7.98. The van der Waals surface area contributed by atoms with Crippen molar-refractivity contribution in [3.8, 4) is 0 Å². The number of hydrogen-bond donors (Lipinski definition) is 1. The summed E-state index contributed by atoms with van der Waals surface area (Å²) in [6.45, 7) is 4.18. The van der Waals surface area contributed by atoms with Gasteiger partial charge in [0.05, 0.1) is 5.69 Å². The van der Waals surface area contributed by atoms with Crippen LogP contribution in [0.3, 0.4) is 0 Å². The molecule has 1 N–H and O–H groups in total. The van der Waals surface area contributed by atoms with E-state index in [4.69, 9.17) is 0 Å². The quantitative estimate of drug-likeness (QED) is 0.870. The predicted molar refractivity (Wildman–Crippen MR) is 83.4 cm³/mol. The molecule has 2 aromatic heterocycles. The predicted octanol–water partition coefficient (Wildman–Crippen LogP) is 1.62. The van der Waals surface area contributed by atoms with Gasteiger partial charge in [0.2, 0.25) is 0 Å². The molecule has 6 nitrogen and oxygen atoms in total. The van der Waals surface area contributed by atoms with Crippen molar-refractivity contribution >= 4 is 11.8 Å². The molecule has 3 heterocycles. The minimum atomic E-state index is 0.491. The molecule has 2 aromatic rings. The molecular weight excluding hydrogens is 284 g/mol. The average molecular weight is 306 g/mol. The van der Waals surface area contributed by atoms with Crippen LogP contribution < -0.4 is 5.32 Å². The molecule has 7 heteroatoms. The summed E-state index contributed by atoms with van der Waals surface area (Å²) >= 11 is 1.73. The standard InChI is InChI=1S/C14H22N6S/c1-10-12(8-19(2)18-10)9-21-14-17-16-13(20(14)3)11-5-4-6-15-7-11/h8,11,15H,4-7,9H2,1-3H3/t11-/m1/s1. The SMILES string of the molecule is Cc1nn(C)cc1CSc1nnc([C@@H]2CCCNC2)n1C. The van der Waals surface area contributed by atoms with Crippen LogP contribution in [0.15, 0.2) is 11.4 Å². The van der Waals surface area contributed by atoms with Gasteiger partial charge in [-0.25, -0.2) is 0 Å². The molecule has 1 aliphatic rings. The fourth-order valence-corrected chi connectivity index (χ4v) is 3.77. The summed E-state index contributed by atoms with van der Waals surface area (Å²) in [7, 11) is 4.03. The first-order chi connectivity index (χ1) is 10.1. The highest BCUT2D eigenvalue weighted by Crippen LogP contribution is 2.27. The first kappa shape index (κ1) is 14.6. The zero-order valence-corrected chi connectivity index (χ0v) is 13.7. The Morgan fingerprint density at radius 1 is 1.38 bits per heavy atom. The zero-order chi connectivity index (χ0) is 14.8. The molecule has 114 valence electrons. The highest BCUT2D eigenvalue weighted by atomic mass is 32.2. The van der Waals surface area contributed by atoms with Gasteiger partial charge in [0.1, 0.15) is 5.82 Å². The molecule has 1 atom stereocenters. The van der Waals surface area contributed by atoms with Gasteiger partial charge in [-0.05, 0) is 26.3 Å². The van der Waals surface area contributed by atoms with Crippen molar-refractivity contribution < 1.29 is 0 Å². The number of nitrogens with one attached hydrogen (secondary N) is 1. The topological polar surface area (TPSA) is 60.6 Å². The van der Waals surface area contributed by atoms with Crippen molar-refractivity contribution in [2.45, 2.75) is 36.6 Å². The van der Waals surface area contributed by atoms with Gasteiger partial charge in [-0.3, -0.25) is 4.68 Å². The number of aromatic nitrogens is 5. The van der Waals surface area contributed by atoms with E-state index in [0.717, 1.165) is 35.5 Å². The Balaban J connectivity index is 1.69. The van der Waals surface area contributed by atoms with Crippen LogP contribution in [0.2, 0.25) is 0 Å². The second-order valence-corrected chi connectivity index (χ2v) is 6.59. The molecule has 0 bridgehead atoms. The van der Waals surface area contributed by atoms with Crippen LogP contribution in [0.1, 0.15) is 35.8 Å². The summed E-state index contributed by atoms with van der Waals surface area (Å²) in [6, 6.07) is 0. The maximum absolute atomic E-state index is 4.41. The molecule has 1 aliphatic heterocycles. The molecule has 0 aromatic carbocycles. The van der Waals surface area contributed by atoms with Gasteiger partial charge >= 0.3 is 0 Å². The Bertz CT molecular complexity index is 611. The fraction of sp³-hybridized carbons (Fsp3) is 0.643. The average Bonchev–Trinajstić information content (AvgIpc) is 3.00. The Kier molecular flexibility index (Phi) is 4.30. The van der Waals surface area contributed by atoms with E-state index < -0.39 is 0 Å². The molecule has 3 rings (SSSR count). The lowest BCUT2D eigenvalue weighted by molar-refractivity contribution is 0.436. The maximum Gasteiger partial charge on any atom is 0.191 e. The lowest BCUT2D eigenvalue weighted by atomic mass is 9.99. The Hall–Kier alpha value is -1.34. The largest absolute Gasteiger partial charge is 0.316 e. The van der Waals surface area contributed by atoms with Gasteiger partial charge in [-0.15, -0.1) is 10.2 Å². The molecule has 0 aliphatic carbocycles. The number of aryl methyl sites for hydroxylation is 2. The molecule has 1 fully saturated rings. The van der Waals surface area contributed by atoms with Crippen LogP contribution in [0.4, 0.5) is 0 Å². The Morgan fingerprint density at radius 2 is 2.24 bits per heavy atom. The van der Waals surface area contributed by atoms with Crippen molar-refractivity contribution in [2.24, 2.45) is 14.1 Å². The van der Waals surface area contributed by atoms with E-state index in [2.05, 4.69) is 38.4 Å². The third-order valence-corrected chi connectivity index (χ3v) is 5.07. The minimum Gasteiger partial charge on any atom is -0.316 e. The summed E-state index contributed by atoms with van der Waals surface area (Å²) in [5, 5.41) is 17.6. The molecule has 1 saturated heterocycles. The van der Waals surface area contributed by atoms with Crippen molar-refractivity contribution in [3.05, 3.63) is 23.3 Å². The number of nitrogens with zero attached hydrogens (tertiary/aromatic N) is 5. The Labute approximate surface area is 129 Å². The van der Waals surface area contributed by atoms with Crippen LogP contribution >= 0.6 is 11.8 Å². The highest BCUT2D eigenvalue weighted by Gasteiger charge is 2.21. The van der Waals surface area contributed by atoms with Gasteiger partial charge in [0.15, 0.2) is 5.16 Å². The van der Waals surface area contributed by atoms with Crippen molar-refractivity contribution in [2.75, 3.05) is 13.1 Å². The third kappa shape index (κ3) is 3.13. The number of hydrogen-bond acceptors (Lipinski definition) is 5. The van der Waals surface area contributed by atoms with E-state index in [1.165, 1.54) is 18.4 Å². The summed E-state index contributed by atoms with van der Waals surface area (Å²) in [5.74, 6) is 2.48. The Morgan fingerprint density at radius 3 is 2.90 bits per heavy atom. The van der Waals surface area contributed by atoms with E-state index >= 15 is 0 Å². The maximum atomic E-state index is 4.41. The van der Waals surface area contributed by atoms with Crippen molar-refractivity contribution in [3.63, 3.8) is 0 Å². The smallest absolute Gasteiger partial charge is 0.191 e. The second-order valence-electron chi connectivity index (χ2n) is 5.65. The molecule has 0 amide bonds. The van der Waals surface area contributed by atoms with E-state index in [1.54, 1.807) is 11.8 Å². The fourth-order valence-electron chi connectivity index (χ4n) is 2.81. The second kappa shape index (κ2) is 6.19. The van der Waals surface area contributed by atoms with Gasteiger partial charge in [0.25, 0.3) is 0 Å². The first-order valence-electron chi connectivity index (χ1n) is 7.37. The zero-order valence-electron chi connectivity index (χ0n) is 12.8. The molecule has 0 spiro atoms. The van der Waals surface area contributed by atoms with Crippen LogP contribution in [-0.4, -0.2) is 37.6 Å². The minimum absolute atomic E-state index is 0.491. The number of rotatable bonds is 4. The third-order valence-electron chi connectivity index (χ3n) is 4.00. The molecule has 0 unspecified atom stereocenters. The van der Waals surface area contributed by atoms with Gasteiger partial charge < -0.3 is 9.88 Å². The first-order valence-corrected chi connectivity index (χ1v) is 8.35. The monoisotopic (exact) mass is 306 g/mol. The number of thioether (sulfide) groups is 1. The molecule has 0 saturated carbocycles.